The number of halogens is 1. The van der Waals surface area contributed by atoms with E-state index in [-0.39, 0.29) is 11.8 Å². The van der Waals surface area contributed by atoms with Crippen LogP contribution in [-0.2, 0) is 0 Å². The number of unbranched alkanes of at least 4 members (excludes halogenated alkanes) is 2. The molecule has 100 valence electrons. The highest BCUT2D eigenvalue weighted by molar-refractivity contribution is 6.29. The first kappa shape index (κ1) is 15.0. The zero-order chi connectivity index (χ0) is 13.5. The van der Waals surface area contributed by atoms with E-state index in [2.05, 4.69) is 17.2 Å². The lowest BCUT2D eigenvalue weighted by atomic mass is 10.1. The number of nitrogens with one attached hydrogen (secondary N) is 1. The first-order valence-electron chi connectivity index (χ1n) is 6.50. The molecular weight excluding hydrogens is 248 g/mol. The predicted octanol–water partition coefficient (Wildman–Crippen LogP) is 3.78. The van der Waals surface area contributed by atoms with E-state index in [0.29, 0.717) is 17.3 Å². The van der Waals surface area contributed by atoms with E-state index in [0.717, 1.165) is 25.0 Å². The zero-order valence-electron chi connectivity index (χ0n) is 11.3. The van der Waals surface area contributed by atoms with E-state index < -0.39 is 0 Å². The van der Waals surface area contributed by atoms with Crippen molar-refractivity contribution in [2.45, 2.75) is 46.0 Å². The van der Waals surface area contributed by atoms with E-state index in [1.807, 2.05) is 19.9 Å². The van der Waals surface area contributed by atoms with Crippen LogP contribution in [0.25, 0.3) is 0 Å². The normalized spacial score (nSPS) is 10.7. The van der Waals surface area contributed by atoms with Crippen LogP contribution < -0.4 is 5.32 Å². The van der Waals surface area contributed by atoms with Crippen molar-refractivity contribution in [1.82, 2.24) is 10.3 Å². The molecule has 0 saturated carbocycles. The fourth-order valence-corrected chi connectivity index (χ4v) is 1.84. The van der Waals surface area contributed by atoms with Gasteiger partial charge in [0.2, 0.25) is 0 Å². The van der Waals surface area contributed by atoms with Gasteiger partial charge in [-0.2, -0.15) is 0 Å². The van der Waals surface area contributed by atoms with Gasteiger partial charge in [-0.3, -0.25) is 4.79 Å². The Morgan fingerprint density at radius 2 is 2.11 bits per heavy atom. The average molecular weight is 269 g/mol. The van der Waals surface area contributed by atoms with Gasteiger partial charge >= 0.3 is 0 Å². The summed E-state index contributed by atoms with van der Waals surface area (Å²) in [5.41, 5.74) is 1.44. The van der Waals surface area contributed by atoms with Crippen molar-refractivity contribution in [2.75, 3.05) is 6.54 Å². The lowest BCUT2D eigenvalue weighted by molar-refractivity contribution is 0.0952. The first-order chi connectivity index (χ1) is 8.54. The van der Waals surface area contributed by atoms with Gasteiger partial charge in [0.25, 0.3) is 5.91 Å². The van der Waals surface area contributed by atoms with E-state index >= 15 is 0 Å². The number of rotatable bonds is 6. The molecule has 1 rings (SSSR count). The molecule has 0 saturated heterocycles. The lowest BCUT2D eigenvalue weighted by Gasteiger charge is -2.09. The summed E-state index contributed by atoms with van der Waals surface area (Å²) < 4.78 is 0. The standard InChI is InChI=1S/C14H21ClN2O/c1-4-5-6-7-16-14(18)11-8-12(10(2)3)17-13(15)9-11/h8-10H,4-7H2,1-3H3,(H,16,18). The highest BCUT2D eigenvalue weighted by Crippen LogP contribution is 2.17. The first-order valence-corrected chi connectivity index (χ1v) is 6.88. The zero-order valence-corrected chi connectivity index (χ0v) is 12.0. The second kappa shape index (κ2) is 7.37. The van der Waals surface area contributed by atoms with Crippen LogP contribution >= 0.6 is 11.6 Å². The maximum absolute atomic E-state index is 11.9. The molecule has 18 heavy (non-hydrogen) atoms. The minimum Gasteiger partial charge on any atom is -0.352 e. The van der Waals surface area contributed by atoms with Gasteiger partial charge in [-0.15, -0.1) is 0 Å². The minimum atomic E-state index is -0.0719. The fraction of sp³-hybridized carbons (Fsp3) is 0.571. The Kier molecular flexibility index (Phi) is 6.13. The molecule has 0 bridgehead atoms. The monoisotopic (exact) mass is 268 g/mol. The van der Waals surface area contributed by atoms with Gasteiger partial charge in [0.05, 0.1) is 0 Å². The number of hydrogen-bond donors (Lipinski definition) is 1. The second-order valence-corrected chi connectivity index (χ2v) is 5.11. The Morgan fingerprint density at radius 1 is 1.39 bits per heavy atom. The largest absolute Gasteiger partial charge is 0.352 e. The van der Waals surface area contributed by atoms with Crippen LogP contribution in [0, 0.1) is 0 Å². The summed E-state index contributed by atoms with van der Waals surface area (Å²) in [7, 11) is 0. The van der Waals surface area contributed by atoms with Crippen LogP contribution in [0.5, 0.6) is 0 Å². The third kappa shape index (κ3) is 4.65. The molecule has 0 fully saturated rings. The van der Waals surface area contributed by atoms with E-state index in [1.54, 1.807) is 6.07 Å². The highest BCUT2D eigenvalue weighted by Gasteiger charge is 2.10. The molecule has 0 aliphatic heterocycles. The summed E-state index contributed by atoms with van der Waals surface area (Å²) in [5.74, 6) is 0.188. The summed E-state index contributed by atoms with van der Waals surface area (Å²) in [6.45, 7) is 6.91. The molecule has 0 aromatic carbocycles. The van der Waals surface area contributed by atoms with Crippen molar-refractivity contribution in [1.29, 1.82) is 0 Å². The Labute approximate surface area is 114 Å². The number of pyridine rings is 1. The maximum Gasteiger partial charge on any atom is 0.251 e. The number of nitrogens with zero attached hydrogens (tertiary/aromatic N) is 1. The molecule has 0 radical (unpaired) electrons. The van der Waals surface area contributed by atoms with Crippen LogP contribution in [0.4, 0.5) is 0 Å². The van der Waals surface area contributed by atoms with Crippen molar-refractivity contribution < 1.29 is 4.79 Å². The number of carbonyl (C=O) groups excluding carboxylic acids is 1. The Bertz CT molecular complexity index is 405. The van der Waals surface area contributed by atoms with Gasteiger partial charge in [-0.1, -0.05) is 45.2 Å². The van der Waals surface area contributed by atoms with Gasteiger partial charge in [0.1, 0.15) is 5.15 Å². The van der Waals surface area contributed by atoms with Crippen LogP contribution in [0.3, 0.4) is 0 Å². The average Bonchev–Trinajstić information content (AvgIpc) is 2.33. The lowest BCUT2D eigenvalue weighted by Crippen LogP contribution is -2.24. The van der Waals surface area contributed by atoms with Crippen molar-refractivity contribution in [3.8, 4) is 0 Å². The molecule has 1 N–H and O–H groups in total. The molecule has 0 aliphatic rings. The van der Waals surface area contributed by atoms with E-state index in [9.17, 15) is 4.79 Å². The van der Waals surface area contributed by atoms with Gasteiger partial charge in [-0.25, -0.2) is 4.98 Å². The maximum atomic E-state index is 11.9. The van der Waals surface area contributed by atoms with Gasteiger partial charge in [0, 0.05) is 17.8 Å². The van der Waals surface area contributed by atoms with Crippen LogP contribution in [0.1, 0.15) is 62.0 Å². The Balaban J connectivity index is 2.67. The number of aromatic nitrogens is 1. The van der Waals surface area contributed by atoms with E-state index in [1.165, 1.54) is 0 Å². The quantitative estimate of drug-likeness (QED) is 0.630. The van der Waals surface area contributed by atoms with Crippen LogP contribution in [0.15, 0.2) is 12.1 Å². The molecule has 4 heteroatoms. The smallest absolute Gasteiger partial charge is 0.251 e. The molecule has 1 aromatic heterocycles. The van der Waals surface area contributed by atoms with Crippen molar-refractivity contribution in [3.63, 3.8) is 0 Å². The van der Waals surface area contributed by atoms with Gasteiger partial charge in [-0.05, 0) is 24.5 Å². The molecule has 0 aliphatic carbocycles. The molecule has 1 aromatic rings. The number of amides is 1. The van der Waals surface area contributed by atoms with Crippen LogP contribution in [-0.4, -0.2) is 17.4 Å². The predicted molar refractivity (Wildman–Crippen MR) is 75.2 cm³/mol. The summed E-state index contributed by atoms with van der Waals surface area (Å²) in [6, 6.07) is 3.42. The summed E-state index contributed by atoms with van der Waals surface area (Å²) >= 11 is 5.93. The molecule has 1 amide bonds. The summed E-state index contributed by atoms with van der Waals surface area (Å²) in [5, 5.41) is 3.28. The number of hydrogen-bond acceptors (Lipinski definition) is 2. The van der Waals surface area contributed by atoms with Gasteiger partial charge in [0.15, 0.2) is 0 Å². The van der Waals surface area contributed by atoms with Gasteiger partial charge < -0.3 is 5.32 Å². The SMILES string of the molecule is CCCCCNC(=O)c1cc(Cl)nc(C(C)C)c1. The number of carbonyl (C=O) groups is 1. The second-order valence-electron chi connectivity index (χ2n) is 4.72. The topological polar surface area (TPSA) is 42.0 Å². The van der Waals surface area contributed by atoms with Crippen molar-refractivity contribution >= 4 is 17.5 Å². The molecule has 0 unspecified atom stereocenters. The third-order valence-electron chi connectivity index (χ3n) is 2.73. The van der Waals surface area contributed by atoms with Crippen molar-refractivity contribution in [3.05, 3.63) is 28.5 Å². The third-order valence-corrected chi connectivity index (χ3v) is 2.93. The van der Waals surface area contributed by atoms with Crippen LogP contribution in [0.2, 0.25) is 5.15 Å². The Morgan fingerprint density at radius 3 is 2.72 bits per heavy atom. The summed E-state index contributed by atoms with van der Waals surface area (Å²) in [4.78, 5) is 16.1. The summed E-state index contributed by atoms with van der Waals surface area (Å²) in [6.07, 6.45) is 3.29. The minimum absolute atomic E-state index is 0.0719. The van der Waals surface area contributed by atoms with Crippen molar-refractivity contribution in [2.24, 2.45) is 0 Å². The fourth-order valence-electron chi connectivity index (χ4n) is 1.62. The molecule has 0 spiro atoms. The highest BCUT2D eigenvalue weighted by atomic mass is 35.5. The molecular formula is C14H21ClN2O. The molecule has 0 atom stereocenters. The van der Waals surface area contributed by atoms with E-state index in [4.69, 9.17) is 11.6 Å². The molecule has 3 nitrogen and oxygen atoms in total. The Hall–Kier alpha value is -1.09. The molecule has 1 heterocycles.